The first-order valence-electron chi connectivity index (χ1n) is 5.48. The van der Waals surface area contributed by atoms with Crippen molar-refractivity contribution in [2.24, 2.45) is 0 Å². The van der Waals surface area contributed by atoms with Crippen molar-refractivity contribution < 1.29 is 9.72 Å². The van der Waals surface area contributed by atoms with Crippen LogP contribution in [0.15, 0.2) is 46.9 Å². The van der Waals surface area contributed by atoms with Gasteiger partial charge in [-0.15, -0.1) is 0 Å². The Morgan fingerprint density at radius 3 is 2.60 bits per heavy atom. The number of carbonyl (C=O) groups excluding carboxylic acids is 1. The number of hydrogen-bond acceptors (Lipinski definition) is 3. The molecule has 0 spiro atoms. The fraction of sp³-hybridized carbons (Fsp3) is 0. The predicted octanol–water partition coefficient (Wildman–Crippen LogP) is 4.26. The van der Waals surface area contributed by atoms with Gasteiger partial charge in [0.1, 0.15) is 5.02 Å². The average Bonchev–Trinajstić information content (AvgIpc) is 2.38. The van der Waals surface area contributed by atoms with Crippen LogP contribution in [0.2, 0.25) is 5.02 Å². The molecule has 5 nitrogen and oxygen atoms in total. The lowest BCUT2D eigenvalue weighted by molar-refractivity contribution is -0.384. The number of nitrogens with one attached hydrogen (secondary N) is 1. The van der Waals surface area contributed by atoms with E-state index in [9.17, 15) is 14.9 Å². The fourth-order valence-electron chi connectivity index (χ4n) is 1.57. The van der Waals surface area contributed by atoms with E-state index in [-0.39, 0.29) is 16.6 Å². The zero-order valence-corrected chi connectivity index (χ0v) is 12.3. The number of nitro groups is 1. The van der Waals surface area contributed by atoms with E-state index in [2.05, 4.69) is 21.2 Å². The molecule has 2 aromatic carbocycles. The van der Waals surface area contributed by atoms with Crippen LogP contribution in [0.5, 0.6) is 0 Å². The van der Waals surface area contributed by atoms with Crippen LogP contribution < -0.4 is 5.32 Å². The van der Waals surface area contributed by atoms with E-state index in [1.54, 1.807) is 24.3 Å². The van der Waals surface area contributed by atoms with E-state index in [1.165, 1.54) is 18.2 Å². The number of carbonyl (C=O) groups is 1. The fourth-order valence-corrected chi connectivity index (χ4v) is 2.21. The van der Waals surface area contributed by atoms with Crippen LogP contribution in [0.3, 0.4) is 0 Å². The molecule has 0 aromatic heterocycles. The monoisotopic (exact) mass is 354 g/mol. The molecule has 1 amide bonds. The Bertz CT molecular complexity index is 691. The molecule has 2 rings (SSSR count). The minimum Gasteiger partial charge on any atom is -0.322 e. The van der Waals surface area contributed by atoms with E-state index in [4.69, 9.17) is 11.6 Å². The summed E-state index contributed by atoms with van der Waals surface area (Å²) in [7, 11) is 0. The summed E-state index contributed by atoms with van der Waals surface area (Å²) < 4.78 is 0.784. The number of amides is 1. The van der Waals surface area contributed by atoms with Crippen molar-refractivity contribution in [1.82, 2.24) is 0 Å². The van der Waals surface area contributed by atoms with Crippen LogP contribution in [-0.4, -0.2) is 10.8 Å². The van der Waals surface area contributed by atoms with Gasteiger partial charge in [0.15, 0.2) is 0 Å². The number of rotatable bonds is 3. The molecule has 0 saturated heterocycles. The first kappa shape index (κ1) is 14.5. The van der Waals surface area contributed by atoms with E-state index in [1.807, 2.05) is 0 Å². The Morgan fingerprint density at radius 2 is 2.00 bits per heavy atom. The van der Waals surface area contributed by atoms with E-state index in [0.29, 0.717) is 11.3 Å². The topological polar surface area (TPSA) is 72.2 Å². The maximum atomic E-state index is 12.0. The van der Waals surface area contributed by atoms with Crippen LogP contribution in [0, 0.1) is 10.1 Å². The molecule has 0 aliphatic carbocycles. The highest BCUT2D eigenvalue weighted by Gasteiger charge is 2.13. The highest BCUT2D eigenvalue weighted by Crippen LogP contribution is 2.27. The number of nitro benzene ring substituents is 1. The average molecular weight is 356 g/mol. The first-order valence-corrected chi connectivity index (χ1v) is 6.65. The number of anilines is 1. The molecule has 0 aliphatic heterocycles. The molecule has 0 saturated carbocycles. The van der Waals surface area contributed by atoms with E-state index < -0.39 is 4.92 Å². The van der Waals surface area contributed by atoms with Crippen LogP contribution in [0.4, 0.5) is 11.4 Å². The molecule has 102 valence electrons. The van der Waals surface area contributed by atoms with Gasteiger partial charge >= 0.3 is 0 Å². The third-order valence-corrected chi connectivity index (χ3v) is 3.29. The normalized spacial score (nSPS) is 10.1. The van der Waals surface area contributed by atoms with Gasteiger partial charge in [-0.1, -0.05) is 33.6 Å². The third kappa shape index (κ3) is 3.34. The molecule has 0 aliphatic rings. The summed E-state index contributed by atoms with van der Waals surface area (Å²) in [5.41, 5.74) is 0.659. The number of halogens is 2. The predicted molar refractivity (Wildman–Crippen MR) is 80.2 cm³/mol. The van der Waals surface area contributed by atoms with Crippen molar-refractivity contribution >= 4 is 44.8 Å². The van der Waals surface area contributed by atoms with Crippen LogP contribution in [0.25, 0.3) is 0 Å². The van der Waals surface area contributed by atoms with Gasteiger partial charge in [0, 0.05) is 21.8 Å². The Balaban J connectivity index is 2.20. The molecular weight excluding hydrogens is 348 g/mol. The standard InChI is InChI=1S/C13H8BrClN2O3/c14-9-3-1-2-8(6-9)13(18)16-10-4-5-12(17(19)20)11(15)7-10/h1-7H,(H,16,18). The molecular formula is C13H8BrClN2O3. The quantitative estimate of drug-likeness (QED) is 0.660. The lowest BCUT2D eigenvalue weighted by atomic mass is 10.2. The van der Waals surface area contributed by atoms with Crippen molar-refractivity contribution in [2.45, 2.75) is 0 Å². The van der Waals surface area contributed by atoms with Crippen molar-refractivity contribution in [3.8, 4) is 0 Å². The SMILES string of the molecule is O=C(Nc1ccc([N+](=O)[O-])c(Cl)c1)c1cccc(Br)c1. The second-order valence-electron chi connectivity index (χ2n) is 3.89. The van der Waals surface area contributed by atoms with Gasteiger partial charge in [-0.25, -0.2) is 0 Å². The van der Waals surface area contributed by atoms with Gasteiger partial charge in [-0.05, 0) is 30.3 Å². The number of nitrogens with zero attached hydrogens (tertiary/aromatic N) is 1. The molecule has 7 heteroatoms. The second-order valence-corrected chi connectivity index (χ2v) is 5.21. The highest BCUT2D eigenvalue weighted by atomic mass is 79.9. The molecule has 0 radical (unpaired) electrons. The largest absolute Gasteiger partial charge is 0.322 e. The molecule has 1 N–H and O–H groups in total. The summed E-state index contributed by atoms with van der Waals surface area (Å²) in [6, 6.07) is 10.9. The lowest BCUT2D eigenvalue weighted by Gasteiger charge is -2.06. The van der Waals surface area contributed by atoms with E-state index in [0.717, 1.165) is 4.47 Å². The Kier molecular flexibility index (Phi) is 4.36. The Hall–Kier alpha value is -1.92. The second kappa shape index (κ2) is 6.02. The maximum Gasteiger partial charge on any atom is 0.288 e. The van der Waals surface area contributed by atoms with Crippen LogP contribution >= 0.6 is 27.5 Å². The molecule has 0 fully saturated rings. The Morgan fingerprint density at radius 1 is 1.25 bits per heavy atom. The zero-order chi connectivity index (χ0) is 14.7. The summed E-state index contributed by atoms with van der Waals surface area (Å²) in [4.78, 5) is 22.0. The van der Waals surface area contributed by atoms with Gasteiger partial charge in [0.2, 0.25) is 0 Å². The molecule has 0 atom stereocenters. The molecule has 0 heterocycles. The molecule has 0 bridgehead atoms. The van der Waals surface area contributed by atoms with Gasteiger partial charge in [0.05, 0.1) is 4.92 Å². The summed E-state index contributed by atoms with van der Waals surface area (Å²) in [6.45, 7) is 0. The highest BCUT2D eigenvalue weighted by molar-refractivity contribution is 9.10. The number of benzene rings is 2. The lowest BCUT2D eigenvalue weighted by Crippen LogP contribution is -2.11. The van der Waals surface area contributed by atoms with Crippen molar-refractivity contribution in [3.63, 3.8) is 0 Å². The molecule has 2 aromatic rings. The maximum absolute atomic E-state index is 12.0. The Labute approximate surface area is 127 Å². The van der Waals surface area contributed by atoms with Gasteiger partial charge in [-0.2, -0.15) is 0 Å². The van der Waals surface area contributed by atoms with Crippen molar-refractivity contribution in [2.75, 3.05) is 5.32 Å². The van der Waals surface area contributed by atoms with Gasteiger partial charge in [-0.3, -0.25) is 14.9 Å². The van der Waals surface area contributed by atoms with E-state index >= 15 is 0 Å². The van der Waals surface area contributed by atoms with Crippen molar-refractivity contribution in [1.29, 1.82) is 0 Å². The van der Waals surface area contributed by atoms with Gasteiger partial charge < -0.3 is 5.32 Å². The van der Waals surface area contributed by atoms with Crippen molar-refractivity contribution in [3.05, 3.63) is 67.6 Å². The minimum atomic E-state index is -0.581. The van der Waals surface area contributed by atoms with Crippen LogP contribution in [-0.2, 0) is 0 Å². The van der Waals surface area contributed by atoms with Crippen LogP contribution in [0.1, 0.15) is 10.4 Å². The summed E-state index contributed by atoms with van der Waals surface area (Å²) in [5.74, 6) is -0.323. The summed E-state index contributed by atoms with van der Waals surface area (Å²) in [6.07, 6.45) is 0. The van der Waals surface area contributed by atoms with Gasteiger partial charge in [0.25, 0.3) is 11.6 Å². The first-order chi connectivity index (χ1) is 9.47. The number of hydrogen-bond donors (Lipinski definition) is 1. The smallest absolute Gasteiger partial charge is 0.288 e. The third-order valence-electron chi connectivity index (χ3n) is 2.49. The summed E-state index contributed by atoms with van der Waals surface area (Å²) >= 11 is 9.06. The minimum absolute atomic E-state index is 0.0259. The summed E-state index contributed by atoms with van der Waals surface area (Å²) in [5, 5.41) is 13.2. The zero-order valence-electron chi connectivity index (χ0n) is 9.97. The molecule has 20 heavy (non-hydrogen) atoms. The molecule has 0 unspecified atom stereocenters.